The minimum Gasteiger partial charge on any atom is -0.481 e. The molecule has 2 atom stereocenters. The Labute approximate surface area is 124 Å². The van der Waals surface area contributed by atoms with Crippen LogP contribution in [0.2, 0.25) is 0 Å². The lowest BCUT2D eigenvalue weighted by atomic mass is 9.90. The molecule has 1 N–H and O–H groups in total. The highest BCUT2D eigenvalue weighted by molar-refractivity contribution is 9.10. The molecule has 4 nitrogen and oxygen atoms in total. The van der Waals surface area contributed by atoms with E-state index in [1.807, 2.05) is 0 Å². The number of hydrogen-bond donors (Lipinski definition) is 1. The minimum atomic E-state index is -0.892. The Morgan fingerprint density at radius 1 is 1.45 bits per heavy atom. The van der Waals surface area contributed by atoms with Crippen molar-refractivity contribution in [1.29, 1.82) is 0 Å². The first-order valence-electron chi connectivity index (χ1n) is 6.40. The van der Waals surface area contributed by atoms with Crippen LogP contribution in [0.25, 0.3) is 0 Å². The van der Waals surface area contributed by atoms with E-state index >= 15 is 0 Å². The van der Waals surface area contributed by atoms with E-state index in [2.05, 4.69) is 15.9 Å². The molecule has 2 rings (SSSR count). The average Bonchev–Trinajstić information content (AvgIpc) is 2.41. The topological polar surface area (TPSA) is 57.6 Å². The molecule has 1 aliphatic rings. The fourth-order valence-corrected chi connectivity index (χ4v) is 2.80. The number of hydrogen-bond acceptors (Lipinski definition) is 2. The highest BCUT2D eigenvalue weighted by Crippen LogP contribution is 2.26. The molecule has 1 saturated heterocycles. The number of amides is 1. The second-order valence-corrected chi connectivity index (χ2v) is 5.81. The quantitative estimate of drug-likeness (QED) is 0.898. The van der Waals surface area contributed by atoms with Crippen molar-refractivity contribution in [2.75, 3.05) is 6.54 Å². The zero-order chi connectivity index (χ0) is 14.9. The third kappa shape index (κ3) is 2.85. The van der Waals surface area contributed by atoms with Crippen molar-refractivity contribution < 1.29 is 19.1 Å². The predicted octanol–water partition coefficient (Wildman–Crippen LogP) is 2.91. The third-order valence-corrected chi connectivity index (χ3v) is 4.38. The number of halogens is 2. The van der Waals surface area contributed by atoms with E-state index in [4.69, 9.17) is 5.11 Å². The summed E-state index contributed by atoms with van der Waals surface area (Å²) in [5.41, 5.74) is 0.239. The molecule has 6 heteroatoms. The number of carbonyl (C=O) groups is 2. The Morgan fingerprint density at radius 2 is 2.15 bits per heavy atom. The van der Waals surface area contributed by atoms with E-state index in [-0.39, 0.29) is 17.5 Å². The molecule has 0 saturated carbocycles. The average molecular weight is 344 g/mol. The molecule has 20 heavy (non-hydrogen) atoms. The van der Waals surface area contributed by atoms with Gasteiger partial charge >= 0.3 is 5.97 Å². The summed E-state index contributed by atoms with van der Waals surface area (Å²) in [4.78, 5) is 25.1. The van der Waals surface area contributed by atoms with Gasteiger partial charge < -0.3 is 10.0 Å². The molecular formula is C14H15BrFNO3. The number of carboxylic acid groups (broad SMARTS) is 1. The Kier molecular flexibility index (Phi) is 4.42. The first-order valence-corrected chi connectivity index (χ1v) is 7.20. The summed E-state index contributed by atoms with van der Waals surface area (Å²) < 4.78 is 13.8. The molecular weight excluding hydrogens is 329 g/mol. The van der Waals surface area contributed by atoms with Gasteiger partial charge in [0.2, 0.25) is 0 Å². The van der Waals surface area contributed by atoms with Crippen molar-refractivity contribution in [3.05, 3.63) is 34.1 Å². The fourth-order valence-electron chi connectivity index (χ4n) is 2.55. The van der Waals surface area contributed by atoms with Gasteiger partial charge in [-0.3, -0.25) is 9.59 Å². The summed E-state index contributed by atoms with van der Waals surface area (Å²) >= 11 is 3.04. The number of aliphatic carboxylic acids is 1. The van der Waals surface area contributed by atoms with E-state index in [9.17, 15) is 14.0 Å². The number of nitrogens with zero attached hydrogens (tertiary/aromatic N) is 1. The van der Waals surface area contributed by atoms with Crippen molar-refractivity contribution in [2.24, 2.45) is 5.92 Å². The van der Waals surface area contributed by atoms with E-state index < -0.39 is 17.7 Å². The summed E-state index contributed by atoms with van der Waals surface area (Å²) in [6, 6.07) is 3.79. The molecule has 1 aliphatic heterocycles. The lowest BCUT2D eigenvalue weighted by Crippen LogP contribution is -2.49. The molecule has 1 aromatic rings. The first-order chi connectivity index (χ1) is 9.41. The number of rotatable bonds is 2. The number of carbonyl (C=O) groups excluding carboxylic acids is 1. The lowest BCUT2D eigenvalue weighted by molar-refractivity contribution is -0.144. The highest BCUT2D eigenvalue weighted by Gasteiger charge is 2.35. The predicted molar refractivity (Wildman–Crippen MR) is 75.0 cm³/mol. The Hall–Kier alpha value is -1.43. The molecule has 1 aromatic carbocycles. The molecule has 1 fully saturated rings. The standard InChI is InChI=1S/C14H15BrFNO3/c1-8-10(14(19)20)3-2-6-17(8)13(18)9-4-5-11(15)12(16)7-9/h4-5,7-8,10H,2-3,6H2,1H3,(H,19,20)/t8-,10-/m1/s1. The second kappa shape index (κ2) is 5.91. The number of piperidine rings is 1. The van der Waals surface area contributed by atoms with Crippen LogP contribution in [-0.4, -0.2) is 34.5 Å². The van der Waals surface area contributed by atoms with Crippen molar-refractivity contribution in [1.82, 2.24) is 4.90 Å². The van der Waals surface area contributed by atoms with Gasteiger partial charge in [0.25, 0.3) is 5.91 Å². The normalized spacial score (nSPS) is 22.6. The largest absolute Gasteiger partial charge is 0.481 e. The van der Waals surface area contributed by atoms with Gasteiger partial charge in [0, 0.05) is 18.2 Å². The SMILES string of the molecule is C[C@@H]1[C@H](C(=O)O)CCCN1C(=O)c1ccc(Br)c(F)c1. The van der Waals surface area contributed by atoms with Crippen LogP contribution < -0.4 is 0 Å². The van der Waals surface area contributed by atoms with Crippen LogP contribution in [0.3, 0.4) is 0 Å². The Morgan fingerprint density at radius 3 is 2.75 bits per heavy atom. The van der Waals surface area contributed by atoms with Crippen molar-refractivity contribution in [3.63, 3.8) is 0 Å². The summed E-state index contributed by atoms with van der Waals surface area (Å²) in [5, 5.41) is 9.16. The monoisotopic (exact) mass is 343 g/mol. The molecule has 0 unspecified atom stereocenters. The van der Waals surface area contributed by atoms with Crippen LogP contribution in [0.4, 0.5) is 4.39 Å². The van der Waals surface area contributed by atoms with Crippen LogP contribution in [-0.2, 0) is 4.79 Å². The van der Waals surface area contributed by atoms with E-state index in [1.165, 1.54) is 23.1 Å². The summed E-state index contributed by atoms with van der Waals surface area (Å²) in [7, 11) is 0. The first kappa shape index (κ1) is 15.0. The summed E-state index contributed by atoms with van der Waals surface area (Å²) in [6.07, 6.45) is 1.21. The molecule has 1 amide bonds. The Bertz CT molecular complexity index is 549. The molecule has 0 aromatic heterocycles. The van der Waals surface area contributed by atoms with Crippen LogP contribution >= 0.6 is 15.9 Å². The molecule has 1 heterocycles. The van der Waals surface area contributed by atoms with E-state index in [1.54, 1.807) is 6.92 Å². The van der Waals surface area contributed by atoms with Crippen LogP contribution in [0.15, 0.2) is 22.7 Å². The molecule has 0 spiro atoms. The van der Waals surface area contributed by atoms with Crippen LogP contribution in [0, 0.1) is 11.7 Å². The highest BCUT2D eigenvalue weighted by atomic mass is 79.9. The van der Waals surface area contributed by atoms with Crippen LogP contribution in [0.5, 0.6) is 0 Å². The number of carboxylic acids is 1. The number of likely N-dealkylation sites (tertiary alicyclic amines) is 1. The van der Waals surface area contributed by atoms with E-state index in [0.717, 1.165) is 0 Å². The third-order valence-electron chi connectivity index (χ3n) is 3.73. The smallest absolute Gasteiger partial charge is 0.308 e. The van der Waals surface area contributed by atoms with Gasteiger partial charge in [0.1, 0.15) is 5.82 Å². The van der Waals surface area contributed by atoms with Crippen molar-refractivity contribution >= 4 is 27.8 Å². The maximum Gasteiger partial charge on any atom is 0.308 e. The maximum atomic E-state index is 13.5. The summed E-state index contributed by atoms with van der Waals surface area (Å²) in [6.45, 7) is 2.23. The molecule has 0 bridgehead atoms. The van der Waals surface area contributed by atoms with Crippen LogP contribution in [0.1, 0.15) is 30.1 Å². The molecule has 0 aliphatic carbocycles. The van der Waals surface area contributed by atoms with Crippen molar-refractivity contribution in [2.45, 2.75) is 25.8 Å². The summed E-state index contributed by atoms with van der Waals surface area (Å²) in [5.74, 6) is -2.28. The Balaban J connectivity index is 2.23. The molecule has 108 valence electrons. The lowest BCUT2D eigenvalue weighted by Gasteiger charge is -2.37. The minimum absolute atomic E-state index is 0.239. The van der Waals surface area contributed by atoms with Gasteiger partial charge in [-0.1, -0.05) is 0 Å². The fraction of sp³-hybridized carbons (Fsp3) is 0.429. The van der Waals surface area contributed by atoms with Gasteiger partial charge in [-0.25, -0.2) is 4.39 Å². The van der Waals surface area contributed by atoms with Gasteiger partial charge in [-0.15, -0.1) is 0 Å². The van der Waals surface area contributed by atoms with Gasteiger partial charge in [0.15, 0.2) is 0 Å². The number of benzene rings is 1. The molecule has 0 radical (unpaired) electrons. The van der Waals surface area contributed by atoms with E-state index in [0.29, 0.717) is 23.9 Å². The van der Waals surface area contributed by atoms with Crippen molar-refractivity contribution in [3.8, 4) is 0 Å². The zero-order valence-corrected chi connectivity index (χ0v) is 12.6. The van der Waals surface area contributed by atoms with Gasteiger partial charge in [-0.05, 0) is 53.9 Å². The zero-order valence-electron chi connectivity index (χ0n) is 11.0. The second-order valence-electron chi connectivity index (χ2n) is 4.95. The van der Waals surface area contributed by atoms with Gasteiger partial charge in [-0.2, -0.15) is 0 Å². The maximum absolute atomic E-state index is 13.5. The van der Waals surface area contributed by atoms with Gasteiger partial charge in [0.05, 0.1) is 10.4 Å².